The molecule has 3 amide bonds. The molecule has 25 heavy (non-hydrogen) atoms. The molecule has 6 nitrogen and oxygen atoms in total. The molecule has 140 valence electrons. The molecule has 7 heteroatoms. The third-order valence-corrected chi connectivity index (χ3v) is 8.36. The summed E-state index contributed by atoms with van der Waals surface area (Å²) in [5, 5.41) is 3.17. The molecule has 0 aromatic heterocycles. The Labute approximate surface area is 152 Å². The molecule has 4 rings (SSSR count). The van der Waals surface area contributed by atoms with Crippen LogP contribution in [0.5, 0.6) is 0 Å². The maximum Gasteiger partial charge on any atom is 0.317 e. The van der Waals surface area contributed by atoms with Gasteiger partial charge in [0.1, 0.15) is 10.6 Å². The summed E-state index contributed by atoms with van der Waals surface area (Å²) in [5.74, 6) is 0.815. The lowest BCUT2D eigenvalue weighted by Crippen LogP contribution is -2.58. The van der Waals surface area contributed by atoms with Crippen molar-refractivity contribution >= 4 is 22.7 Å². The molecular formula is C18H29N3O3S. The van der Waals surface area contributed by atoms with E-state index in [1.165, 1.54) is 32.1 Å². The van der Waals surface area contributed by atoms with Gasteiger partial charge in [0, 0.05) is 38.5 Å². The lowest BCUT2D eigenvalue weighted by molar-refractivity contribution is -0.131. The van der Waals surface area contributed by atoms with E-state index in [2.05, 4.69) is 5.32 Å². The average Bonchev–Trinajstić information content (AvgIpc) is 3.41. The number of nitrogens with one attached hydrogen (secondary N) is 1. The second kappa shape index (κ2) is 6.89. The molecule has 0 bridgehead atoms. The van der Waals surface area contributed by atoms with Gasteiger partial charge in [0.25, 0.3) is 0 Å². The number of carbonyl (C=O) groups excluding carboxylic acids is 2. The van der Waals surface area contributed by atoms with Crippen molar-refractivity contribution in [2.75, 3.05) is 25.4 Å². The second-order valence-corrected chi connectivity index (χ2v) is 9.89. The number of piperidine rings is 1. The van der Waals surface area contributed by atoms with Gasteiger partial charge in [-0.25, -0.2) is 4.79 Å². The van der Waals surface area contributed by atoms with Crippen LogP contribution in [0.3, 0.4) is 0 Å². The van der Waals surface area contributed by atoms with Crippen LogP contribution < -0.4 is 5.32 Å². The summed E-state index contributed by atoms with van der Waals surface area (Å²) in [6.45, 7) is 1.95. The molecule has 1 atom stereocenters. The maximum atomic E-state index is 12.7. The Morgan fingerprint density at radius 2 is 1.80 bits per heavy atom. The van der Waals surface area contributed by atoms with Crippen LogP contribution in [0.1, 0.15) is 57.8 Å². The quantitative estimate of drug-likeness (QED) is 0.827. The predicted octanol–water partition coefficient (Wildman–Crippen LogP) is 1.82. The topological polar surface area (TPSA) is 69.7 Å². The van der Waals surface area contributed by atoms with Crippen LogP contribution in [0.4, 0.5) is 4.79 Å². The minimum Gasteiger partial charge on any atom is -0.335 e. The lowest BCUT2D eigenvalue weighted by atomic mass is 9.95. The Morgan fingerprint density at radius 3 is 2.44 bits per heavy atom. The molecule has 0 aromatic rings. The highest BCUT2D eigenvalue weighted by Gasteiger charge is 2.54. The van der Waals surface area contributed by atoms with Crippen LogP contribution in [0.2, 0.25) is 0 Å². The Hall–Kier alpha value is -1.11. The number of amides is 3. The summed E-state index contributed by atoms with van der Waals surface area (Å²) in [5.41, 5.74) is 0. The fraction of sp³-hybridized carbons (Fsp3) is 0.889. The largest absolute Gasteiger partial charge is 0.335 e. The van der Waals surface area contributed by atoms with Gasteiger partial charge in [-0.3, -0.25) is 9.00 Å². The summed E-state index contributed by atoms with van der Waals surface area (Å²) in [4.78, 5) is 28.1. The van der Waals surface area contributed by atoms with Crippen molar-refractivity contribution in [1.82, 2.24) is 15.1 Å². The Morgan fingerprint density at radius 1 is 1.12 bits per heavy atom. The fourth-order valence-electron chi connectivity index (χ4n) is 4.57. The zero-order valence-corrected chi connectivity index (χ0v) is 15.7. The first kappa shape index (κ1) is 17.3. The van der Waals surface area contributed by atoms with Crippen LogP contribution in [0.15, 0.2) is 0 Å². The van der Waals surface area contributed by atoms with Crippen molar-refractivity contribution in [2.45, 2.75) is 68.7 Å². The first-order valence-corrected chi connectivity index (χ1v) is 11.1. The molecule has 2 heterocycles. The molecule has 2 saturated carbocycles. The third kappa shape index (κ3) is 3.44. The molecule has 2 aliphatic carbocycles. The first-order valence-electron chi connectivity index (χ1n) is 9.83. The molecule has 4 aliphatic rings. The standard InChI is InChI=1S/C18H29N3O3S/c22-16-13-25(24)18(21(16)12-14-6-7-14)8-10-20(11-9-18)17(23)19-15-4-2-1-3-5-15/h14-15H,1-13H2,(H,19,23). The first-order chi connectivity index (χ1) is 12.1. The van der Waals surface area contributed by atoms with Crippen molar-refractivity contribution in [1.29, 1.82) is 0 Å². The van der Waals surface area contributed by atoms with E-state index >= 15 is 0 Å². The molecule has 2 saturated heterocycles. The van der Waals surface area contributed by atoms with Gasteiger partial charge in [0.2, 0.25) is 5.91 Å². The normalized spacial score (nSPS) is 30.1. The van der Waals surface area contributed by atoms with Gasteiger partial charge in [-0.2, -0.15) is 0 Å². The SMILES string of the molecule is O=C(NC1CCCCC1)N1CCC2(CC1)N(CC1CC1)C(=O)CS2=O. The van der Waals surface area contributed by atoms with Gasteiger partial charge in [-0.15, -0.1) is 0 Å². The Kier molecular flexibility index (Phi) is 4.77. The van der Waals surface area contributed by atoms with E-state index < -0.39 is 15.7 Å². The van der Waals surface area contributed by atoms with Crippen molar-refractivity contribution in [3.05, 3.63) is 0 Å². The fourth-order valence-corrected chi connectivity index (χ4v) is 6.28. The molecule has 2 aliphatic heterocycles. The number of likely N-dealkylation sites (tertiary alicyclic amines) is 1. The summed E-state index contributed by atoms with van der Waals surface area (Å²) in [7, 11) is -1.13. The van der Waals surface area contributed by atoms with Gasteiger partial charge >= 0.3 is 6.03 Å². The number of hydrogen-bond acceptors (Lipinski definition) is 3. The smallest absolute Gasteiger partial charge is 0.317 e. The van der Waals surface area contributed by atoms with E-state index in [1.54, 1.807) is 0 Å². The second-order valence-electron chi connectivity index (χ2n) is 8.16. The highest BCUT2D eigenvalue weighted by atomic mass is 32.2. The Bertz CT molecular complexity index is 564. The number of nitrogens with zero attached hydrogens (tertiary/aromatic N) is 2. The van der Waals surface area contributed by atoms with Crippen LogP contribution in [0.25, 0.3) is 0 Å². The summed E-state index contributed by atoms with van der Waals surface area (Å²) >= 11 is 0. The highest BCUT2D eigenvalue weighted by Crippen LogP contribution is 2.41. The van der Waals surface area contributed by atoms with E-state index in [4.69, 9.17) is 0 Å². The van der Waals surface area contributed by atoms with Gasteiger partial charge in [-0.05, 0) is 31.6 Å². The van der Waals surface area contributed by atoms with Gasteiger partial charge in [0.05, 0.1) is 10.8 Å². The van der Waals surface area contributed by atoms with Crippen LogP contribution in [-0.4, -0.2) is 62.2 Å². The zero-order chi connectivity index (χ0) is 17.4. The molecule has 1 N–H and O–H groups in total. The average molecular weight is 368 g/mol. The Balaban J connectivity index is 1.36. The van der Waals surface area contributed by atoms with E-state index in [9.17, 15) is 13.8 Å². The minimum absolute atomic E-state index is 0.0191. The van der Waals surface area contributed by atoms with Crippen LogP contribution in [-0.2, 0) is 15.6 Å². The van der Waals surface area contributed by atoms with E-state index in [0.717, 1.165) is 19.4 Å². The van der Waals surface area contributed by atoms with Crippen LogP contribution in [0, 0.1) is 5.92 Å². The summed E-state index contributed by atoms with van der Waals surface area (Å²) in [6, 6.07) is 0.330. The third-order valence-electron chi connectivity index (χ3n) is 6.37. The van der Waals surface area contributed by atoms with Crippen molar-refractivity contribution in [3.8, 4) is 0 Å². The number of carbonyl (C=O) groups is 2. The van der Waals surface area contributed by atoms with Gasteiger partial charge in [-0.1, -0.05) is 19.3 Å². The molecular weight excluding hydrogens is 338 g/mol. The minimum atomic E-state index is -1.13. The van der Waals surface area contributed by atoms with Gasteiger partial charge in [0.15, 0.2) is 0 Å². The summed E-state index contributed by atoms with van der Waals surface area (Å²) in [6.07, 6.45) is 9.50. The van der Waals surface area contributed by atoms with Crippen molar-refractivity contribution < 1.29 is 13.8 Å². The van der Waals surface area contributed by atoms with Crippen molar-refractivity contribution in [3.63, 3.8) is 0 Å². The van der Waals surface area contributed by atoms with Crippen LogP contribution >= 0.6 is 0 Å². The predicted molar refractivity (Wildman–Crippen MR) is 96.4 cm³/mol. The molecule has 0 radical (unpaired) electrons. The summed E-state index contributed by atoms with van der Waals surface area (Å²) < 4.78 is 12.7. The molecule has 1 unspecified atom stereocenters. The molecule has 0 aromatic carbocycles. The highest BCUT2D eigenvalue weighted by molar-refractivity contribution is 7.87. The molecule has 1 spiro atoms. The zero-order valence-electron chi connectivity index (χ0n) is 14.9. The number of rotatable bonds is 3. The van der Waals surface area contributed by atoms with Crippen molar-refractivity contribution in [2.24, 2.45) is 5.92 Å². The monoisotopic (exact) mass is 367 g/mol. The number of hydrogen-bond donors (Lipinski definition) is 1. The van der Waals surface area contributed by atoms with Gasteiger partial charge < -0.3 is 15.1 Å². The maximum absolute atomic E-state index is 12.7. The lowest BCUT2D eigenvalue weighted by Gasteiger charge is -2.43. The van der Waals surface area contributed by atoms with E-state index in [1.807, 2.05) is 9.80 Å². The number of urea groups is 1. The van der Waals surface area contributed by atoms with E-state index in [0.29, 0.717) is 37.9 Å². The molecule has 4 fully saturated rings. The van der Waals surface area contributed by atoms with E-state index in [-0.39, 0.29) is 17.7 Å².